The molecule has 0 unspecified atom stereocenters. The number of nitrogens with one attached hydrogen (secondary N) is 1. The lowest BCUT2D eigenvalue weighted by molar-refractivity contribution is -0.140. The van der Waals surface area contributed by atoms with Crippen LogP contribution < -0.4 is 14.4 Å². The Morgan fingerprint density at radius 3 is 2.44 bits per heavy atom. The van der Waals surface area contributed by atoms with Gasteiger partial charge in [0.15, 0.2) is 0 Å². The van der Waals surface area contributed by atoms with Gasteiger partial charge in [-0.3, -0.25) is 13.9 Å². The smallest absolute Gasteiger partial charge is 0.242 e. The highest BCUT2D eigenvalue weighted by molar-refractivity contribution is 7.92. The van der Waals surface area contributed by atoms with Crippen LogP contribution in [0, 0.1) is 6.92 Å². The fourth-order valence-corrected chi connectivity index (χ4v) is 4.82. The quantitative estimate of drug-likeness (QED) is 0.501. The Labute approximate surface area is 206 Å². The van der Waals surface area contributed by atoms with Crippen LogP contribution in [0.3, 0.4) is 0 Å². The molecule has 2 aromatic rings. The van der Waals surface area contributed by atoms with Crippen molar-refractivity contribution in [1.29, 1.82) is 0 Å². The number of sulfonamides is 1. The first-order valence-electron chi connectivity index (χ1n) is 10.9. The summed E-state index contributed by atoms with van der Waals surface area (Å²) in [5.41, 5.74) is 2.35. The van der Waals surface area contributed by atoms with Gasteiger partial charge in [-0.15, -0.1) is 0 Å². The van der Waals surface area contributed by atoms with E-state index in [1.54, 1.807) is 19.1 Å². The third-order valence-corrected chi connectivity index (χ3v) is 6.91. The summed E-state index contributed by atoms with van der Waals surface area (Å²) in [4.78, 5) is 26.9. The molecule has 10 heteroatoms. The van der Waals surface area contributed by atoms with Gasteiger partial charge >= 0.3 is 0 Å². The summed E-state index contributed by atoms with van der Waals surface area (Å²) in [5.74, 6) is -0.0746. The molecule has 0 aromatic heterocycles. The number of nitrogens with zero attached hydrogens (tertiary/aromatic N) is 2. The van der Waals surface area contributed by atoms with Gasteiger partial charge in [-0.25, -0.2) is 8.42 Å². The van der Waals surface area contributed by atoms with E-state index in [0.717, 1.165) is 17.4 Å². The van der Waals surface area contributed by atoms with Crippen LogP contribution in [-0.2, 0) is 26.2 Å². The van der Waals surface area contributed by atoms with Crippen molar-refractivity contribution in [3.05, 3.63) is 58.6 Å². The molecule has 34 heavy (non-hydrogen) atoms. The molecule has 1 atom stereocenters. The molecule has 0 saturated carbocycles. The number of carbonyl (C=O) groups excluding carboxylic acids is 2. The van der Waals surface area contributed by atoms with Gasteiger partial charge in [0.2, 0.25) is 21.8 Å². The number of hydrogen-bond donors (Lipinski definition) is 1. The van der Waals surface area contributed by atoms with Crippen LogP contribution in [0.1, 0.15) is 30.9 Å². The van der Waals surface area contributed by atoms with Crippen molar-refractivity contribution >= 4 is 39.1 Å². The monoisotopic (exact) mass is 509 g/mol. The number of halogens is 1. The first-order valence-corrected chi connectivity index (χ1v) is 13.1. The normalized spacial score (nSPS) is 12.1. The molecule has 0 spiro atoms. The van der Waals surface area contributed by atoms with E-state index in [2.05, 4.69) is 5.32 Å². The number of amides is 2. The highest BCUT2D eigenvalue weighted by Gasteiger charge is 2.26. The molecule has 0 saturated heterocycles. The molecule has 2 rings (SSSR count). The summed E-state index contributed by atoms with van der Waals surface area (Å²) in [6, 6.07) is 11.8. The van der Waals surface area contributed by atoms with Gasteiger partial charge in [0.25, 0.3) is 0 Å². The van der Waals surface area contributed by atoms with Crippen molar-refractivity contribution < 1.29 is 22.7 Å². The first-order chi connectivity index (χ1) is 16.0. The van der Waals surface area contributed by atoms with E-state index in [4.69, 9.17) is 16.3 Å². The van der Waals surface area contributed by atoms with E-state index >= 15 is 0 Å². The van der Waals surface area contributed by atoms with E-state index in [1.165, 1.54) is 29.4 Å². The van der Waals surface area contributed by atoms with Crippen LogP contribution in [0.25, 0.3) is 0 Å². The van der Waals surface area contributed by atoms with Crippen molar-refractivity contribution in [2.45, 2.75) is 39.3 Å². The Hall–Kier alpha value is -2.78. The third kappa shape index (κ3) is 7.36. The fourth-order valence-electron chi connectivity index (χ4n) is 3.61. The first kappa shape index (κ1) is 27.5. The average Bonchev–Trinajstić information content (AvgIpc) is 2.78. The molecule has 0 aliphatic carbocycles. The number of anilines is 1. The van der Waals surface area contributed by atoms with Crippen molar-refractivity contribution in [3.63, 3.8) is 0 Å². The minimum atomic E-state index is -3.61. The molecular weight excluding hydrogens is 478 g/mol. The number of carbonyl (C=O) groups is 2. The summed E-state index contributed by atoms with van der Waals surface area (Å²) in [6.07, 6.45) is 1.44. The maximum absolute atomic E-state index is 13.1. The van der Waals surface area contributed by atoms with Crippen LogP contribution in [0.5, 0.6) is 5.75 Å². The lowest BCUT2D eigenvalue weighted by atomic mass is 10.1. The van der Waals surface area contributed by atoms with Crippen LogP contribution in [0.4, 0.5) is 5.69 Å². The lowest BCUT2D eigenvalue weighted by Crippen LogP contribution is -2.46. The number of benzene rings is 2. The van der Waals surface area contributed by atoms with Crippen molar-refractivity contribution in [3.8, 4) is 5.75 Å². The number of methoxy groups -OCH3 is 1. The zero-order chi connectivity index (χ0) is 25.5. The standard InChI is InChI=1S/C24H32ClN3O5S/c1-17-8-6-9-19(14-17)16-27(18(2)24(30)26-3)23(29)10-7-13-28(34(5,31)32)20-11-12-22(33-4)21(25)15-20/h6,8-9,11-12,14-15,18H,7,10,13,16H2,1-5H3,(H,26,30)/t18-/m1/s1. The van der Waals surface area contributed by atoms with Gasteiger partial charge in [-0.05, 0) is 44.0 Å². The van der Waals surface area contributed by atoms with Gasteiger partial charge in [0.05, 0.1) is 24.1 Å². The number of ether oxygens (including phenoxy) is 1. The van der Waals surface area contributed by atoms with Crippen LogP contribution >= 0.6 is 11.6 Å². The minimum Gasteiger partial charge on any atom is -0.495 e. The molecule has 0 aliphatic rings. The average molecular weight is 510 g/mol. The highest BCUT2D eigenvalue weighted by Crippen LogP contribution is 2.30. The Balaban J connectivity index is 2.17. The molecule has 0 fully saturated rings. The second-order valence-corrected chi connectivity index (χ2v) is 10.4. The maximum atomic E-state index is 13.1. The SMILES string of the molecule is CNC(=O)[C@@H](C)N(Cc1cccc(C)c1)C(=O)CCCN(c1ccc(OC)c(Cl)c1)S(C)(=O)=O. The predicted octanol–water partition coefficient (Wildman–Crippen LogP) is 3.37. The van der Waals surface area contributed by atoms with Gasteiger partial charge in [-0.1, -0.05) is 41.4 Å². The molecule has 2 aromatic carbocycles. The van der Waals surface area contributed by atoms with E-state index < -0.39 is 16.1 Å². The predicted molar refractivity (Wildman–Crippen MR) is 135 cm³/mol. The molecule has 0 bridgehead atoms. The van der Waals surface area contributed by atoms with Crippen LogP contribution in [0.2, 0.25) is 5.02 Å². The van der Waals surface area contributed by atoms with Crippen LogP contribution in [0.15, 0.2) is 42.5 Å². The van der Waals surface area contributed by atoms with Crippen molar-refractivity contribution in [2.75, 3.05) is 31.3 Å². The topological polar surface area (TPSA) is 96.0 Å². The van der Waals surface area contributed by atoms with Crippen LogP contribution in [-0.4, -0.2) is 58.1 Å². The number of likely N-dealkylation sites (N-methyl/N-ethyl adjacent to an activating group) is 1. The number of hydrogen-bond acceptors (Lipinski definition) is 5. The van der Waals surface area contributed by atoms with Crippen molar-refractivity contribution in [2.24, 2.45) is 0 Å². The second kappa shape index (κ2) is 12.1. The lowest BCUT2D eigenvalue weighted by Gasteiger charge is -2.29. The van der Waals surface area contributed by atoms with Crippen molar-refractivity contribution in [1.82, 2.24) is 10.2 Å². The molecule has 0 aliphatic heterocycles. The Bertz CT molecular complexity index is 1120. The second-order valence-electron chi connectivity index (χ2n) is 8.06. The molecule has 0 heterocycles. The minimum absolute atomic E-state index is 0.0725. The molecule has 1 N–H and O–H groups in total. The Kier molecular flexibility index (Phi) is 9.76. The van der Waals surface area contributed by atoms with E-state index in [9.17, 15) is 18.0 Å². The summed E-state index contributed by atoms with van der Waals surface area (Å²) in [7, 11) is -0.613. The van der Waals surface area contributed by atoms with Gasteiger partial charge in [-0.2, -0.15) is 0 Å². The Morgan fingerprint density at radius 1 is 1.18 bits per heavy atom. The maximum Gasteiger partial charge on any atom is 0.242 e. The zero-order valence-corrected chi connectivity index (χ0v) is 21.7. The summed E-state index contributed by atoms with van der Waals surface area (Å²) in [6.45, 7) is 4.00. The number of aryl methyl sites for hydroxylation is 1. The largest absolute Gasteiger partial charge is 0.495 e. The summed E-state index contributed by atoms with van der Waals surface area (Å²) in [5, 5.41) is 2.87. The summed E-state index contributed by atoms with van der Waals surface area (Å²) >= 11 is 6.17. The van der Waals surface area contributed by atoms with Gasteiger partial charge < -0.3 is 15.0 Å². The van der Waals surface area contributed by atoms with E-state index in [-0.39, 0.29) is 42.8 Å². The molecular formula is C24H32ClN3O5S. The molecule has 186 valence electrons. The molecule has 8 nitrogen and oxygen atoms in total. The number of rotatable bonds is 11. The van der Waals surface area contributed by atoms with E-state index in [1.807, 2.05) is 31.2 Å². The highest BCUT2D eigenvalue weighted by atomic mass is 35.5. The zero-order valence-electron chi connectivity index (χ0n) is 20.2. The van der Waals surface area contributed by atoms with Gasteiger partial charge in [0.1, 0.15) is 11.8 Å². The molecule has 2 amide bonds. The summed E-state index contributed by atoms with van der Waals surface area (Å²) < 4.78 is 31.2. The van der Waals surface area contributed by atoms with E-state index in [0.29, 0.717) is 11.4 Å². The Morgan fingerprint density at radius 2 is 1.88 bits per heavy atom. The molecule has 0 radical (unpaired) electrons. The van der Waals surface area contributed by atoms with Gasteiger partial charge in [0, 0.05) is 26.6 Å². The fraction of sp³-hybridized carbons (Fsp3) is 0.417. The third-order valence-electron chi connectivity index (χ3n) is 5.42.